The zero-order valence-electron chi connectivity index (χ0n) is 11.0. The van der Waals surface area contributed by atoms with E-state index in [1.54, 1.807) is 37.6 Å². The predicted molar refractivity (Wildman–Crippen MR) is 75.5 cm³/mol. The summed E-state index contributed by atoms with van der Waals surface area (Å²) in [5.74, 6) is 0.636. The van der Waals surface area contributed by atoms with Gasteiger partial charge in [0.05, 0.1) is 18.5 Å². The van der Waals surface area contributed by atoms with Gasteiger partial charge in [0.15, 0.2) is 0 Å². The van der Waals surface area contributed by atoms with E-state index < -0.39 is 6.04 Å². The molecular weight excluding hydrogens is 258 g/mol. The van der Waals surface area contributed by atoms with E-state index in [-0.39, 0.29) is 11.5 Å². The van der Waals surface area contributed by atoms with Crippen molar-refractivity contribution in [2.24, 2.45) is 0 Å². The van der Waals surface area contributed by atoms with E-state index in [0.717, 1.165) is 0 Å². The summed E-state index contributed by atoms with van der Waals surface area (Å²) >= 11 is 0. The van der Waals surface area contributed by atoms with Gasteiger partial charge in [-0.3, -0.25) is 15.1 Å². The number of hydrogen-bond donors (Lipinski definition) is 1. The summed E-state index contributed by atoms with van der Waals surface area (Å²) in [5, 5.41) is 14.0. The molecule has 1 aromatic carbocycles. The van der Waals surface area contributed by atoms with Gasteiger partial charge in [-0.15, -0.1) is 0 Å². The minimum Gasteiger partial charge on any atom is -0.495 e. The van der Waals surface area contributed by atoms with E-state index in [1.807, 2.05) is 18.2 Å². The molecule has 6 nitrogen and oxygen atoms in total. The van der Waals surface area contributed by atoms with Crippen LogP contribution in [0.25, 0.3) is 0 Å². The highest BCUT2D eigenvalue weighted by Gasteiger charge is 2.20. The molecule has 6 heteroatoms. The summed E-state index contributed by atoms with van der Waals surface area (Å²) < 4.78 is 5.23. The van der Waals surface area contributed by atoms with Gasteiger partial charge >= 0.3 is 0 Å². The van der Waals surface area contributed by atoms with Gasteiger partial charge in [-0.2, -0.15) is 0 Å². The van der Waals surface area contributed by atoms with Crippen molar-refractivity contribution < 1.29 is 9.66 Å². The van der Waals surface area contributed by atoms with Crippen LogP contribution in [0.2, 0.25) is 0 Å². The zero-order chi connectivity index (χ0) is 14.4. The van der Waals surface area contributed by atoms with Gasteiger partial charge in [0, 0.05) is 11.1 Å². The SMILES string of the molecule is COc1ccccc1NC(C[N+](=O)[O-])c1ccccn1. The first kappa shape index (κ1) is 13.8. The lowest BCUT2D eigenvalue weighted by atomic mass is 10.1. The summed E-state index contributed by atoms with van der Waals surface area (Å²) in [6.07, 6.45) is 1.62. The number of anilines is 1. The smallest absolute Gasteiger partial charge is 0.229 e. The van der Waals surface area contributed by atoms with Gasteiger partial charge in [0.1, 0.15) is 11.8 Å². The lowest BCUT2D eigenvalue weighted by Gasteiger charge is -2.17. The van der Waals surface area contributed by atoms with Crippen molar-refractivity contribution in [2.75, 3.05) is 19.0 Å². The Balaban J connectivity index is 2.26. The van der Waals surface area contributed by atoms with Crippen LogP contribution in [-0.4, -0.2) is 23.6 Å². The van der Waals surface area contributed by atoms with E-state index in [1.165, 1.54) is 0 Å². The Morgan fingerprint density at radius 1 is 1.30 bits per heavy atom. The number of para-hydroxylation sites is 2. The number of benzene rings is 1. The number of nitrogens with one attached hydrogen (secondary N) is 1. The molecule has 1 aromatic heterocycles. The standard InChI is InChI=1S/C14H15N3O3/c1-20-14-8-3-2-7-12(14)16-13(10-17(18)19)11-6-4-5-9-15-11/h2-9,13,16H,10H2,1H3. The average molecular weight is 273 g/mol. The van der Waals surface area contributed by atoms with Crippen LogP contribution in [-0.2, 0) is 0 Å². The second-order valence-corrected chi connectivity index (χ2v) is 4.17. The van der Waals surface area contributed by atoms with E-state index in [2.05, 4.69) is 10.3 Å². The van der Waals surface area contributed by atoms with E-state index in [0.29, 0.717) is 17.1 Å². The summed E-state index contributed by atoms with van der Waals surface area (Å²) in [6.45, 7) is -0.255. The van der Waals surface area contributed by atoms with Crippen LogP contribution in [0, 0.1) is 10.1 Å². The van der Waals surface area contributed by atoms with Crippen LogP contribution in [0.15, 0.2) is 48.7 Å². The largest absolute Gasteiger partial charge is 0.495 e. The third-order valence-electron chi connectivity index (χ3n) is 2.81. The first-order valence-corrected chi connectivity index (χ1v) is 6.13. The van der Waals surface area contributed by atoms with Crippen LogP contribution >= 0.6 is 0 Å². The Morgan fingerprint density at radius 2 is 2.05 bits per heavy atom. The molecule has 2 rings (SSSR count). The van der Waals surface area contributed by atoms with E-state index >= 15 is 0 Å². The van der Waals surface area contributed by atoms with Crippen molar-refractivity contribution in [3.63, 3.8) is 0 Å². The van der Waals surface area contributed by atoms with E-state index in [9.17, 15) is 10.1 Å². The van der Waals surface area contributed by atoms with Gasteiger partial charge in [0.2, 0.25) is 6.54 Å². The number of aromatic nitrogens is 1. The maximum absolute atomic E-state index is 10.8. The highest BCUT2D eigenvalue weighted by molar-refractivity contribution is 5.57. The highest BCUT2D eigenvalue weighted by atomic mass is 16.6. The molecule has 0 aliphatic heterocycles. The molecule has 20 heavy (non-hydrogen) atoms. The molecule has 104 valence electrons. The summed E-state index contributed by atoms with van der Waals surface area (Å²) in [7, 11) is 1.56. The maximum atomic E-state index is 10.8. The molecule has 0 bridgehead atoms. The van der Waals surface area contributed by atoms with Crippen LogP contribution in [0.5, 0.6) is 5.75 Å². The molecule has 0 spiro atoms. The summed E-state index contributed by atoms with van der Waals surface area (Å²) in [4.78, 5) is 14.7. The van der Waals surface area contributed by atoms with Crippen LogP contribution in [0.1, 0.15) is 11.7 Å². The Bertz CT molecular complexity index is 575. The fraction of sp³-hybridized carbons (Fsp3) is 0.214. The van der Waals surface area contributed by atoms with Crippen molar-refractivity contribution >= 4 is 5.69 Å². The van der Waals surface area contributed by atoms with Gasteiger partial charge < -0.3 is 10.1 Å². The van der Waals surface area contributed by atoms with Gasteiger partial charge in [-0.05, 0) is 24.3 Å². The van der Waals surface area contributed by atoms with Crippen molar-refractivity contribution in [3.8, 4) is 5.75 Å². The second kappa shape index (κ2) is 6.51. The van der Waals surface area contributed by atoms with E-state index in [4.69, 9.17) is 4.74 Å². The molecule has 1 unspecified atom stereocenters. The second-order valence-electron chi connectivity index (χ2n) is 4.17. The number of hydrogen-bond acceptors (Lipinski definition) is 5. The third-order valence-corrected chi connectivity index (χ3v) is 2.81. The Labute approximate surface area is 116 Å². The molecule has 1 N–H and O–H groups in total. The van der Waals surface area contributed by atoms with Gasteiger partial charge in [0.25, 0.3) is 0 Å². The molecule has 0 aliphatic carbocycles. The normalized spacial score (nSPS) is 11.7. The molecule has 0 saturated heterocycles. The third kappa shape index (κ3) is 3.44. The molecule has 2 aromatic rings. The zero-order valence-corrected chi connectivity index (χ0v) is 11.0. The molecular formula is C14H15N3O3. The number of nitro groups is 1. The number of methoxy groups -OCH3 is 1. The minimum atomic E-state index is -0.512. The fourth-order valence-corrected chi connectivity index (χ4v) is 1.90. The van der Waals surface area contributed by atoms with Crippen LogP contribution < -0.4 is 10.1 Å². The summed E-state index contributed by atoms with van der Waals surface area (Å²) in [6, 6.07) is 12.1. The molecule has 0 fully saturated rings. The average Bonchev–Trinajstić information content (AvgIpc) is 2.47. The maximum Gasteiger partial charge on any atom is 0.229 e. The first-order chi connectivity index (χ1) is 9.70. The Morgan fingerprint density at radius 3 is 2.70 bits per heavy atom. The van der Waals surface area contributed by atoms with Crippen LogP contribution in [0.3, 0.4) is 0 Å². The topological polar surface area (TPSA) is 77.3 Å². The molecule has 0 aliphatic rings. The van der Waals surface area contributed by atoms with Gasteiger partial charge in [-0.25, -0.2) is 0 Å². The summed E-state index contributed by atoms with van der Waals surface area (Å²) in [5.41, 5.74) is 1.32. The molecule has 0 amide bonds. The van der Waals surface area contributed by atoms with Crippen molar-refractivity contribution in [1.29, 1.82) is 0 Å². The molecule has 1 heterocycles. The highest BCUT2D eigenvalue weighted by Crippen LogP contribution is 2.27. The predicted octanol–water partition coefficient (Wildman–Crippen LogP) is 2.52. The molecule has 0 saturated carbocycles. The lowest BCUT2D eigenvalue weighted by Crippen LogP contribution is -2.21. The van der Waals surface area contributed by atoms with Crippen molar-refractivity contribution in [2.45, 2.75) is 6.04 Å². The quantitative estimate of drug-likeness (QED) is 0.646. The Kier molecular flexibility index (Phi) is 4.49. The number of ether oxygens (including phenoxy) is 1. The monoisotopic (exact) mass is 273 g/mol. The lowest BCUT2D eigenvalue weighted by molar-refractivity contribution is -0.482. The number of nitrogens with zero attached hydrogens (tertiary/aromatic N) is 2. The first-order valence-electron chi connectivity index (χ1n) is 6.13. The van der Waals surface area contributed by atoms with Crippen LogP contribution in [0.4, 0.5) is 5.69 Å². The molecule has 0 radical (unpaired) electrons. The van der Waals surface area contributed by atoms with Crippen molar-refractivity contribution in [3.05, 3.63) is 64.5 Å². The fourth-order valence-electron chi connectivity index (χ4n) is 1.90. The number of pyridine rings is 1. The number of rotatable bonds is 6. The van der Waals surface area contributed by atoms with Gasteiger partial charge in [-0.1, -0.05) is 18.2 Å². The molecule has 1 atom stereocenters. The van der Waals surface area contributed by atoms with Crippen molar-refractivity contribution in [1.82, 2.24) is 4.98 Å². The Hall–Kier alpha value is -2.63. The minimum absolute atomic E-state index is 0.255.